The summed E-state index contributed by atoms with van der Waals surface area (Å²) in [5, 5.41) is 0. The molecule has 2 aliphatic carbocycles. The zero-order valence-corrected chi connectivity index (χ0v) is 13.8. The van der Waals surface area contributed by atoms with Gasteiger partial charge >= 0.3 is 0 Å². The standard InChI is InChI=1S/C20H34O/c1-3-5-6-17-7-11-19(12-8-17)20-13-9-18(10-14-20)16-21-15-4-2/h3-4,17-20H,1-2,5-16H2/t17-,18-,19-,20-. The molecule has 0 bridgehead atoms. The highest BCUT2D eigenvalue weighted by atomic mass is 16.5. The molecule has 0 aromatic rings. The van der Waals surface area contributed by atoms with E-state index in [0.717, 1.165) is 30.3 Å². The summed E-state index contributed by atoms with van der Waals surface area (Å²) < 4.78 is 5.63. The zero-order chi connectivity index (χ0) is 14.9. The van der Waals surface area contributed by atoms with Gasteiger partial charge in [-0.3, -0.25) is 0 Å². The lowest BCUT2D eigenvalue weighted by atomic mass is 9.69. The summed E-state index contributed by atoms with van der Waals surface area (Å²) in [5.41, 5.74) is 0. The molecule has 2 saturated carbocycles. The first-order valence-electron chi connectivity index (χ1n) is 9.13. The number of hydrogen-bond donors (Lipinski definition) is 0. The van der Waals surface area contributed by atoms with E-state index < -0.39 is 0 Å². The maximum atomic E-state index is 5.63. The van der Waals surface area contributed by atoms with Crippen LogP contribution < -0.4 is 0 Å². The second-order valence-electron chi connectivity index (χ2n) is 7.25. The fourth-order valence-electron chi connectivity index (χ4n) is 4.45. The van der Waals surface area contributed by atoms with Crippen LogP contribution in [0.4, 0.5) is 0 Å². The summed E-state index contributed by atoms with van der Waals surface area (Å²) in [7, 11) is 0. The van der Waals surface area contributed by atoms with E-state index in [0.29, 0.717) is 6.61 Å². The molecule has 1 heteroatoms. The summed E-state index contributed by atoms with van der Waals surface area (Å²) in [6.45, 7) is 9.23. The van der Waals surface area contributed by atoms with Crippen LogP contribution in [0.25, 0.3) is 0 Å². The monoisotopic (exact) mass is 290 g/mol. The van der Waals surface area contributed by atoms with Gasteiger partial charge in [0, 0.05) is 6.61 Å². The van der Waals surface area contributed by atoms with Crippen molar-refractivity contribution in [2.45, 2.75) is 64.2 Å². The van der Waals surface area contributed by atoms with Crippen molar-refractivity contribution >= 4 is 0 Å². The summed E-state index contributed by atoms with van der Waals surface area (Å²) >= 11 is 0. The van der Waals surface area contributed by atoms with Crippen molar-refractivity contribution in [1.82, 2.24) is 0 Å². The van der Waals surface area contributed by atoms with Crippen LogP contribution in [0.3, 0.4) is 0 Å². The van der Waals surface area contributed by atoms with Crippen LogP contribution in [0.15, 0.2) is 25.3 Å². The third-order valence-corrected chi connectivity index (χ3v) is 5.82. The molecule has 2 rings (SSSR count). The summed E-state index contributed by atoms with van der Waals surface area (Å²) in [4.78, 5) is 0. The van der Waals surface area contributed by atoms with E-state index in [9.17, 15) is 0 Å². The zero-order valence-electron chi connectivity index (χ0n) is 13.8. The van der Waals surface area contributed by atoms with Crippen LogP contribution in [0.1, 0.15) is 64.2 Å². The van der Waals surface area contributed by atoms with Gasteiger partial charge < -0.3 is 4.74 Å². The molecule has 0 saturated heterocycles. The van der Waals surface area contributed by atoms with Crippen molar-refractivity contribution in [2.24, 2.45) is 23.7 Å². The van der Waals surface area contributed by atoms with Gasteiger partial charge in [0.2, 0.25) is 0 Å². The van der Waals surface area contributed by atoms with Crippen molar-refractivity contribution in [1.29, 1.82) is 0 Å². The Morgan fingerprint density at radius 3 is 1.86 bits per heavy atom. The lowest BCUT2D eigenvalue weighted by molar-refractivity contribution is 0.0781. The number of rotatable bonds is 8. The molecule has 0 atom stereocenters. The van der Waals surface area contributed by atoms with Gasteiger partial charge in [0.05, 0.1) is 6.61 Å². The first-order valence-corrected chi connectivity index (χ1v) is 9.13. The van der Waals surface area contributed by atoms with Crippen molar-refractivity contribution in [3.05, 3.63) is 25.3 Å². The van der Waals surface area contributed by atoms with E-state index in [2.05, 4.69) is 19.2 Å². The third-order valence-electron chi connectivity index (χ3n) is 5.82. The fourth-order valence-corrected chi connectivity index (χ4v) is 4.45. The molecule has 0 radical (unpaired) electrons. The van der Waals surface area contributed by atoms with Crippen LogP contribution in [0.2, 0.25) is 0 Å². The van der Waals surface area contributed by atoms with Gasteiger partial charge in [-0.05, 0) is 75.0 Å². The highest BCUT2D eigenvalue weighted by molar-refractivity contribution is 4.83. The van der Waals surface area contributed by atoms with Gasteiger partial charge in [-0.25, -0.2) is 0 Å². The van der Waals surface area contributed by atoms with E-state index in [4.69, 9.17) is 4.74 Å². The van der Waals surface area contributed by atoms with Crippen LogP contribution in [0.5, 0.6) is 0 Å². The van der Waals surface area contributed by atoms with Gasteiger partial charge in [0.25, 0.3) is 0 Å². The Labute approximate surface area is 131 Å². The molecular formula is C20H34O. The van der Waals surface area contributed by atoms with Gasteiger partial charge in [-0.2, -0.15) is 0 Å². The van der Waals surface area contributed by atoms with Crippen LogP contribution in [-0.2, 0) is 4.74 Å². The average molecular weight is 290 g/mol. The van der Waals surface area contributed by atoms with Gasteiger partial charge in [0.15, 0.2) is 0 Å². The van der Waals surface area contributed by atoms with E-state index in [1.54, 1.807) is 0 Å². The minimum Gasteiger partial charge on any atom is -0.377 e. The Bertz CT molecular complexity index is 293. The Morgan fingerprint density at radius 2 is 1.33 bits per heavy atom. The third kappa shape index (κ3) is 5.62. The minimum absolute atomic E-state index is 0.717. The van der Waals surface area contributed by atoms with Crippen molar-refractivity contribution in [2.75, 3.05) is 13.2 Å². The van der Waals surface area contributed by atoms with Crippen molar-refractivity contribution in [3.63, 3.8) is 0 Å². The SMILES string of the molecule is C=CCC[C@H]1CC[C@H]([C@H]2CC[C@H](COCC=C)CC2)CC1. The maximum Gasteiger partial charge on any atom is 0.0644 e. The fraction of sp³-hybridized carbons (Fsp3) is 0.800. The van der Waals surface area contributed by atoms with E-state index in [1.165, 1.54) is 64.2 Å². The summed E-state index contributed by atoms with van der Waals surface area (Å²) in [5.74, 6) is 3.84. The van der Waals surface area contributed by atoms with Crippen LogP contribution in [-0.4, -0.2) is 13.2 Å². The molecule has 0 spiro atoms. The predicted octanol–water partition coefficient (Wildman–Crippen LogP) is 5.77. The lowest BCUT2D eigenvalue weighted by Gasteiger charge is -2.37. The molecule has 0 aromatic carbocycles. The van der Waals surface area contributed by atoms with Crippen LogP contribution >= 0.6 is 0 Å². The summed E-state index contributed by atoms with van der Waals surface area (Å²) in [6, 6.07) is 0. The van der Waals surface area contributed by atoms with E-state index in [-0.39, 0.29) is 0 Å². The molecule has 2 aliphatic rings. The van der Waals surface area contributed by atoms with Gasteiger partial charge in [0.1, 0.15) is 0 Å². The predicted molar refractivity (Wildman–Crippen MR) is 91.3 cm³/mol. The second-order valence-corrected chi connectivity index (χ2v) is 7.25. The Kier molecular flexibility index (Phi) is 7.57. The molecular weight excluding hydrogens is 256 g/mol. The Hall–Kier alpha value is -0.560. The molecule has 120 valence electrons. The van der Waals surface area contributed by atoms with Crippen molar-refractivity contribution < 1.29 is 4.74 Å². The highest BCUT2D eigenvalue weighted by Crippen LogP contribution is 2.42. The largest absolute Gasteiger partial charge is 0.377 e. The number of hydrogen-bond acceptors (Lipinski definition) is 1. The maximum absolute atomic E-state index is 5.63. The minimum atomic E-state index is 0.717. The first-order chi connectivity index (χ1) is 10.3. The van der Waals surface area contributed by atoms with E-state index in [1.807, 2.05) is 6.08 Å². The molecule has 0 aliphatic heterocycles. The quantitative estimate of drug-likeness (QED) is 0.407. The lowest BCUT2D eigenvalue weighted by Crippen LogP contribution is -2.27. The first kappa shape index (κ1) is 16.8. The Balaban J connectivity index is 1.62. The number of allylic oxidation sites excluding steroid dienone is 1. The van der Waals surface area contributed by atoms with E-state index >= 15 is 0 Å². The molecule has 0 N–H and O–H groups in total. The van der Waals surface area contributed by atoms with Gasteiger partial charge in [-0.1, -0.05) is 25.0 Å². The number of ether oxygens (including phenoxy) is 1. The molecule has 21 heavy (non-hydrogen) atoms. The molecule has 1 nitrogen and oxygen atoms in total. The molecule has 0 unspecified atom stereocenters. The second kappa shape index (κ2) is 9.46. The smallest absolute Gasteiger partial charge is 0.0644 e. The van der Waals surface area contributed by atoms with Crippen LogP contribution in [0, 0.1) is 23.7 Å². The normalized spacial score (nSPS) is 33.5. The molecule has 0 aromatic heterocycles. The summed E-state index contributed by atoms with van der Waals surface area (Å²) in [6.07, 6.45) is 18.1. The molecule has 0 amide bonds. The molecule has 0 heterocycles. The topological polar surface area (TPSA) is 9.23 Å². The average Bonchev–Trinajstić information content (AvgIpc) is 2.54. The Morgan fingerprint density at radius 1 is 0.762 bits per heavy atom. The van der Waals surface area contributed by atoms with Crippen molar-refractivity contribution in [3.8, 4) is 0 Å². The highest BCUT2D eigenvalue weighted by Gasteiger charge is 2.30. The molecule has 2 fully saturated rings. The van der Waals surface area contributed by atoms with Gasteiger partial charge in [-0.15, -0.1) is 13.2 Å².